The fourth-order valence-electron chi connectivity index (χ4n) is 2.54. The lowest BCUT2D eigenvalue weighted by molar-refractivity contribution is -0.0191. The van der Waals surface area contributed by atoms with E-state index in [9.17, 15) is 0 Å². The highest BCUT2D eigenvalue weighted by atomic mass is 16.5. The Morgan fingerprint density at radius 3 is 3.07 bits per heavy atom. The van der Waals surface area contributed by atoms with E-state index in [4.69, 9.17) is 4.74 Å². The standard InChI is InChI=1S/C11H22N2O/c1-13-6-2-4-10(9-13)8-11-12-5-3-7-14-11/h10-12H,2-9H2,1H3. The van der Waals surface area contributed by atoms with Gasteiger partial charge in [-0.15, -0.1) is 0 Å². The van der Waals surface area contributed by atoms with Crippen molar-refractivity contribution in [3.8, 4) is 0 Å². The predicted octanol–water partition coefficient (Wildman–Crippen LogP) is 1.05. The van der Waals surface area contributed by atoms with Gasteiger partial charge in [0.15, 0.2) is 0 Å². The van der Waals surface area contributed by atoms with E-state index in [1.807, 2.05) is 0 Å². The van der Waals surface area contributed by atoms with Gasteiger partial charge in [-0.3, -0.25) is 5.32 Å². The maximum atomic E-state index is 5.69. The zero-order valence-corrected chi connectivity index (χ0v) is 9.17. The first-order valence-corrected chi connectivity index (χ1v) is 5.88. The predicted molar refractivity (Wildman–Crippen MR) is 57.2 cm³/mol. The maximum Gasteiger partial charge on any atom is 0.108 e. The molecule has 2 rings (SSSR count). The summed E-state index contributed by atoms with van der Waals surface area (Å²) in [5.74, 6) is 0.837. The smallest absolute Gasteiger partial charge is 0.108 e. The molecule has 3 heteroatoms. The Morgan fingerprint density at radius 1 is 1.43 bits per heavy atom. The van der Waals surface area contributed by atoms with Gasteiger partial charge in [-0.05, 0) is 51.7 Å². The van der Waals surface area contributed by atoms with E-state index in [0.717, 1.165) is 19.1 Å². The van der Waals surface area contributed by atoms with E-state index in [-0.39, 0.29) is 0 Å². The molecule has 3 nitrogen and oxygen atoms in total. The SMILES string of the molecule is CN1CCCC(CC2NCCCO2)C1. The minimum atomic E-state index is 0.334. The lowest BCUT2D eigenvalue weighted by atomic mass is 9.94. The van der Waals surface area contributed by atoms with Crippen LogP contribution in [0, 0.1) is 5.92 Å². The normalized spacial score (nSPS) is 35.8. The number of piperidine rings is 1. The molecule has 2 heterocycles. The van der Waals surface area contributed by atoms with E-state index in [2.05, 4.69) is 17.3 Å². The number of rotatable bonds is 2. The number of nitrogens with one attached hydrogen (secondary N) is 1. The van der Waals surface area contributed by atoms with Crippen molar-refractivity contribution in [3.05, 3.63) is 0 Å². The Morgan fingerprint density at radius 2 is 2.36 bits per heavy atom. The van der Waals surface area contributed by atoms with Crippen LogP contribution in [0.2, 0.25) is 0 Å². The van der Waals surface area contributed by atoms with Crippen LogP contribution in [-0.4, -0.2) is 44.4 Å². The van der Waals surface area contributed by atoms with Crippen LogP contribution in [0.3, 0.4) is 0 Å². The fourth-order valence-corrected chi connectivity index (χ4v) is 2.54. The number of nitrogens with zero attached hydrogens (tertiary/aromatic N) is 1. The third-order valence-corrected chi connectivity index (χ3v) is 3.28. The van der Waals surface area contributed by atoms with Crippen molar-refractivity contribution in [2.45, 2.75) is 31.9 Å². The Labute approximate surface area is 86.8 Å². The molecular formula is C11H22N2O. The topological polar surface area (TPSA) is 24.5 Å². The second-order valence-corrected chi connectivity index (χ2v) is 4.67. The molecule has 0 bridgehead atoms. The summed E-state index contributed by atoms with van der Waals surface area (Å²) in [4.78, 5) is 2.44. The van der Waals surface area contributed by atoms with Crippen molar-refractivity contribution in [2.75, 3.05) is 33.3 Å². The minimum Gasteiger partial charge on any atom is -0.363 e. The van der Waals surface area contributed by atoms with Crippen LogP contribution in [0.1, 0.15) is 25.7 Å². The van der Waals surface area contributed by atoms with Gasteiger partial charge in [0.25, 0.3) is 0 Å². The molecule has 2 atom stereocenters. The van der Waals surface area contributed by atoms with Crippen molar-refractivity contribution in [3.63, 3.8) is 0 Å². The summed E-state index contributed by atoms with van der Waals surface area (Å²) < 4.78 is 5.69. The van der Waals surface area contributed by atoms with Crippen LogP contribution < -0.4 is 5.32 Å². The molecule has 0 saturated carbocycles. The van der Waals surface area contributed by atoms with E-state index >= 15 is 0 Å². The summed E-state index contributed by atoms with van der Waals surface area (Å²) in [7, 11) is 2.22. The fraction of sp³-hybridized carbons (Fsp3) is 1.00. The van der Waals surface area contributed by atoms with Gasteiger partial charge < -0.3 is 9.64 Å². The molecule has 0 aromatic carbocycles. The molecule has 14 heavy (non-hydrogen) atoms. The summed E-state index contributed by atoms with van der Waals surface area (Å²) in [5.41, 5.74) is 0. The molecule has 0 aromatic heterocycles. The largest absolute Gasteiger partial charge is 0.363 e. The molecular weight excluding hydrogens is 176 g/mol. The molecule has 2 aliphatic rings. The van der Waals surface area contributed by atoms with Gasteiger partial charge in [0, 0.05) is 13.2 Å². The van der Waals surface area contributed by atoms with Crippen LogP contribution in [0.5, 0.6) is 0 Å². The molecule has 2 aliphatic heterocycles. The van der Waals surface area contributed by atoms with Crippen LogP contribution in [0.4, 0.5) is 0 Å². The highest BCUT2D eigenvalue weighted by Crippen LogP contribution is 2.21. The molecule has 82 valence electrons. The Balaban J connectivity index is 1.72. The minimum absolute atomic E-state index is 0.334. The summed E-state index contributed by atoms with van der Waals surface area (Å²) in [6.07, 6.45) is 5.44. The number of likely N-dealkylation sites (tertiary alicyclic amines) is 1. The maximum absolute atomic E-state index is 5.69. The monoisotopic (exact) mass is 198 g/mol. The lowest BCUT2D eigenvalue weighted by Crippen LogP contribution is -2.42. The van der Waals surface area contributed by atoms with Crippen molar-refractivity contribution in [1.82, 2.24) is 10.2 Å². The molecule has 0 amide bonds. The quantitative estimate of drug-likeness (QED) is 0.718. The van der Waals surface area contributed by atoms with Crippen molar-refractivity contribution in [1.29, 1.82) is 0 Å². The third-order valence-electron chi connectivity index (χ3n) is 3.28. The van der Waals surface area contributed by atoms with Gasteiger partial charge in [-0.2, -0.15) is 0 Å². The van der Waals surface area contributed by atoms with E-state index in [1.54, 1.807) is 0 Å². The van der Waals surface area contributed by atoms with E-state index in [1.165, 1.54) is 38.8 Å². The van der Waals surface area contributed by atoms with Gasteiger partial charge >= 0.3 is 0 Å². The Kier molecular flexibility index (Phi) is 3.79. The second kappa shape index (κ2) is 5.10. The van der Waals surface area contributed by atoms with Gasteiger partial charge in [-0.25, -0.2) is 0 Å². The van der Waals surface area contributed by atoms with Gasteiger partial charge in [-0.1, -0.05) is 0 Å². The first-order chi connectivity index (χ1) is 6.84. The molecule has 2 unspecified atom stereocenters. The summed E-state index contributed by atoms with van der Waals surface area (Å²) in [6, 6.07) is 0. The molecule has 2 fully saturated rings. The van der Waals surface area contributed by atoms with Gasteiger partial charge in [0.05, 0.1) is 0 Å². The number of hydrogen-bond acceptors (Lipinski definition) is 3. The lowest BCUT2D eigenvalue weighted by Gasteiger charge is -2.33. The molecule has 0 radical (unpaired) electrons. The first-order valence-electron chi connectivity index (χ1n) is 5.88. The second-order valence-electron chi connectivity index (χ2n) is 4.67. The van der Waals surface area contributed by atoms with Gasteiger partial charge in [0.2, 0.25) is 0 Å². The molecule has 1 N–H and O–H groups in total. The van der Waals surface area contributed by atoms with Crippen LogP contribution in [0.25, 0.3) is 0 Å². The summed E-state index contributed by atoms with van der Waals surface area (Å²) >= 11 is 0. The van der Waals surface area contributed by atoms with Crippen molar-refractivity contribution >= 4 is 0 Å². The average Bonchev–Trinajstić information content (AvgIpc) is 2.19. The summed E-state index contributed by atoms with van der Waals surface area (Å²) in [5, 5.41) is 3.44. The van der Waals surface area contributed by atoms with Crippen LogP contribution in [-0.2, 0) is 4.74 Å². The zero-order valence-electron chi connectivity index (χ0n) is 9.17. The van der Waals surface area contributed by atoms with E-state index in [0.29, 0.717) is 6.23 Å². The highest BCUT2D eigenvalue weighted by Gasteiger charge is 2.22. The molecule has 0 spiro atoms. The highest BCUT2D eigenvalue weighted by molar-refractivity contribution is 4.74. The Hall–Kier alpha value is -0.120. The van der Waals surface area contributed by atoms with Crippen molar-refractivity contribution < 1.29 is 4.74 Å². The molecule has 2 saturated heterocycles. The number of ether oxygens (including phenoxy) is 1. The molecule has 0 aromatic rings. The number of hydrogen-bond donors (Lipinski definition) is 1. The Bertz CT molecular complexity index is 169. The molecule has 0 aliphatic carbocycles. The zero-order chi connectivity index (χ0) is 9.80. The average molecular weight is 198 g/mol. The van der Waals surface area contributed by atoms with Crippen molar-refractivity contribution in [2.24, 2.45) is 5.92 Å². The summed E-state index contributed by atoms with van der Waals surface area (Å²) in [6.45, 7) is 4.60. The third kappa shape index (κ3) is 2.94. The van der Waals surface area contributed by atoms with Gasteiger partial charge in [0.1, 0.15) is 6.23 Å². The van der Waals surface area contributed by atoms with Crippen LogP contribution in [0.15, 0.2) is 0 Å². The van der Waals surface area contributed by atoms with Crippen LogP contribution >= 0.6 is 0 Å². The van der Waals surface area contributed by atoms with E-state index < -0.39 is 0 Å². The first kappa shape index (κ1) is 10.4.